The Labute approximate surface area is 208 Å². The minimum Gasteiger partial charge on any atom is -0.383 e. The minimum atomic E-state index is -1.01. The maximum Gasteiger partial charge on any atom is 0.223 e. The summed E-state index contributed by atoms with van der Waals surface area (Å²) < 4.78 is 14.1. The van der Waals surface area contributed by atoms with Gasteiger partial charge in [-0.2, -0.15) is 0 Å². The molecule has 4 aromatic rings. The molecule has 8 heteroatoms. The number of aliphatic hydroxyl groups is 1. The summed E-state index contributed by atoms with van der Waals surface area (Å²) in [4.78, 5) is 17.0. The van der Waals surface area contributed by atoms with Gasteiger partial charge in [-0.05, 0) is 50.6 Å². The van der Waals surface area contributed by atoms with Crippen LogP contribution in [-0.4, -0.2) is 45.1 Å². The van der Waals surface area contributed by atoms with E-state index in [0.29, 0.717) is 40.7 Å². The van der Waals surface area contributed by atoms with Crippen LogP contribution in [0.4, 0.5) is 10.3 Å². The molecule has 3 heterocycles. The molecule has 2 aromatic carbocycles. The SMILES string of the molecule is C[C@H](Nc1nccc(-c2sc(C3(O)CCN(C)CC3)nc2-c2cccc(F)c2)n1)c1ccccc1. The van der Waals surface area contributed by atoms with Crippen LogP contribution in [0.25, 0.3) is 21.8 Å². The van der Waals surface area contributed by atoms with E-state index in [9.17, 15) is 9.50 Å². The number of benzene rings is 2. The number of aromatic nitrogens is 3. The smallest absolute Gasteiger partial charge is 0.223 e. The van der Waals surface area contributed by atoms with E-state index in [1.54, 1.807) is 12.3 Å². The zero-order chi connectivity index (χ0) is 24.4. The molecule has 1 saturated heterocycles. The van der Waals surface area contributed by atoms with Crippen LogP contribution >= 0.6 is 11.3 Å². The molecule has 0 amide bonds. The van der Waals surface area contributed by atoms with Crippen molar-refractivity contribution in [1.29, 1.82) is 0 Å². The van der Waals surface area contributed by atoms with Gasteiger partial charge in [-0.1, -0.05) is 42.5 Å². The maximum atomic E-state index is 14.1. The second-order valence-corrected chi connectivity index (χ2v) is 10.1. The largest absolute Gasteiger partial charge is 0.383 e. The normalized spacial score (nSPS) is 16.7. The number of anilines is 1. The first-order valence-corrected chi connectivity index (χ1v) is 12.6. The predicted octanol–water partition coefficient (Wildman–Crippen LogP) is 5.49. The number of thiazole rings is 1. The van der Waals surface area contributed by atoms with E-state index in [1.165, 1.54) is 23.5 Å². The van der Waals surface area contributed by atoms with Gasteiger partial charge in [0.05, 0.1) is 22.3 Å². The van der Waals surface area contributed by atoms with Crippen molar-refractivity contribution in [3.05, 3.63) is 83.2 Å². The van der Waals surface area contributed by atoms with Gasteiger partial charge in [-0.25, -0.2) is 19.3 Å². The van der Waals surface area contributed by atoms with Crippen LogP contribution in [0.1, 0.15) is 36.4 Å². The second kappa shape index (κ2) is 9.81. The second-order valence-electron chi connectivity index (χ2n) is 9.08. The number of halogens is 1. The quantitative estimate of drug-likeness (QED) is 0.373. The molecule has 180 valence electrons. The first kappa shape index (κ1) is 23.5. The van der Waals surface area contributed by atoms with Crippen molar-refractivity contribution < 1.29 is 9.50 Å². The van der Waals surface area contributed by atoms with Crippen molar-refractivity contribution in [3.8, 4) is 21.8 Å². The molecular formula is C27H28FN5OS. The minimum absolute atomic E-state index is 0.0195. The Bertz CT molecular complexity index is 1300. The molecule has 1 fully saturated rings. The average Bonchev–Trinajstić information content (AvgIpc) is 3.33. The molecule has 0 radical (unpaired) electrons. The first-order chi connectivity index (χ1) is 16.9. The van der Waals surface area contributed by atoms with E-state index in [-0.39, 0.29) is 11.9 Å². The number of rotatable bonds is 6. The summed E-state index contributed by atoms with van der Waals surface area (Å²) in [5.74, 6) is 0.166. The van der Waals surface area contributed by atoms with E-state index in [0.717, 1.165) is 23.5 Å². The summed E-state index contributed by atoms with van der Waals surface area (Å²) >= 11 is 1.42. The molecule has 2 N–H and O–H groups in total. The van der Waals surface area contributed by atoms with Gasteiger partial charge in [0.1, 0.15) is 16.4 Å². The lowest BCUT2D eigenvalue weighted by Gasteiger charge is -2.34. The van der Waals surface area contributed by atoms with Gasteiger partial charge in [-0.3, -0.25) is 0 Å². The number of hydrogen-bond donors (Lipinski definition) is 2. The molecule has 0 unspecified atom stereocenters. The topological polar surface area (TPSA) is 74.2 Å². The Morgan fingerprint density at radius 3 is 2.57 bits per heavy atom. The lowest BCUT2D eigenvalue weighted by atomic mass is 9.92. The fourth-order valence-electron chi connectivity index (χ4n) is 4.30. The zero-order valence-electron chi connectivity index (χ0n) is 19.8. The van der Waals surface area contributed by atoms with Crippen LogP contribution < -0.4 is 5.32 Å². The Kier molecular flexibility index (Phi) is 6.60. The van der Waals surface area contributed by atoms with E-state index in [4.69, 9.17) is 9.97 Å². The third-order valence-electron chi connectivity index (χ3n) is 6.47. The maximum absolute atomic E-state index is 14.1. The van der Waals surface area contributed by atoms with Crippen molar-refractivity contribution in [2.75, 3.05) is 25.5 Å². The fourth-order valence-corrected chi connectivity index (χ4v) is 5.50. The van der Waals surface area contributed by atoms with Gasteiger partial charge < -0.3 is 15.3 Å². The van der Waals surface area contributed by atoms with E-state index in [1.807, 2.05) is 30.3 Å². The Morgan fingerprint density at radius 1 is 1.06 bits per heavy atom. The number of likely N-dealkylation sites (tertiary alicyclic amines) is 1. The molecule has 2 aromatic heterocycles. The van der Waals surface area contributed by atoms with Crippen LogP contribution in [-0.2, 0) is 5.60 Å². The molecule has 35 heavy (non-hydrogen) atoms. The Morgan fingerprint density at radius 2 is 1.83 bits per heavy atom. The van der Waals surface area contributed by atoms with Crippen molar-refractivity contribution in [2.24, 2.45) is 0 Å². The first-order valence-electron chi connectivity index (χ1n) is 11.7. The van der Waals surface area contributed by atoms with Gasteiger partial charge in [0.15, 0.2) is 0 Å². The van der Waals surface area contributed by atoms with Crippen molar-refractivity contribution in [1.82, 2.24) is 19.9 Å². The summed E-state index contributed by atoms with van der Waals surface area (Å²) in [5, 5.41) is 15.5. The monoisotopic (exact) mass is 489 g/mol. The molecule has 0 saturated carbocycles. The standard InChI is InChI=1S/C27H28FN5OS/c1-18(19-7-4-3-5-8-19)30-26-29-14-11-22(31-26)24-23(20-9-6-10-21(28)17-20)32-25(35-24)27(34)12-15-33(2)16-13-27/h3-11,14,17-18,34H,12-13,15-16H2,1-2H3,(H,29,30,31)/t18-/m0/s1. The van der Waals surface area contributed by atoms with Crippen LogP contribution in [0.5, 0.6) is 0 Å². The molecule has 0 aliphatic carbocycles. The lowest BCUT2D eigenvalue weighted by Crippen LogP contribution is -2.40. The molecule has 0 bridgehead atoms. The third kappa shape index (κ3) is 5.10. The van der Waals surface area contributed by atoms with Crippen LogP contribution in [0.2, 0.25) is 0 Å². The molecule has 1 aliphatic rings. The van der Waals surface area contributed by atoms with Crippen LogP contribution in [0, 0.1) is 5.82 Å². The van der Waals surface area contributed by atoms with Gasteiger partial charge in [-0.15, -0.1) is 11.3 Å². The highest BCUT2D eigenvalue weighted by atomic mass is 32.1. The molecule has 1 aliphatic heterocycles. The Balaban J connectivity index is 1.53. The van der Waals surface area contributed by atoms with E-state index < -0.39 is 5.60 Å². The number of hydrogen-bond acceptors (Lipinski definition) is 7. The Hall–Kier alpha value is -3.20. The fraction of sp³-hybridized carbons (Fsp3) is 0.296. The highest BCUT2D eigenvalue weighted by molar-refractivity contribution is 7.15. The van der Waals surface area contributed by atoms with Crippen molar-refractivity contribution in [3.63, 3.8) is 0 Å². The molecular weight excluding hydrogens is 461 g/mol. The molecule has 6 nitrogen and oxygen atoms in total. The summed E-state index contributed by atoms with van der Waals surface area (Å²) in [6.45, 7) is 3.64. The van der Waals surface area contributed by atoms with Gasteiger partial charge in [0.25, 0.3) is 0 Å². The number of nitrogens with one attached hydrogen (secondary N) is 1. The zero-order valence-corrected chi connectivity index (χ0v) is 20.6. The summed E-state index contributed by atoms with van der Waals surface area (Å²) in [5.41, 5.74) is 2.09. The van der Waals surface area contributed by atoms with Gasteiger partial charge in [0.2, 0.25) is 5.95 Å². The summed E-state index contributed by atoms with van der Waals surface area (Å²) in [7, 11) is 2.05. The highest BCUT2D eigenvalue weighted by Crippen LogP contribution is 2.43. The third-order valence-corrected chi connectivity index (χ3v) is 7.74. The average molecular weight is 490 g/mol. The van der Waals surface area contributed by atoms with E-state index in [2.05, 4.69) is 41.3 Å². The predicted molar refractivity (Wildman–Crippen MR) is 138 cm³/mol. The van der Waals surface area contributed by atoms with E-state index >= 15 is 0 Å². The highest BCUT2D eigenvalue weighted by Gasteiger charge is 2.37. The van der Waals surface area contributed by atoms with Crippen LogP contribution in [0.3, 0.4) is 0 Å². The molecule has 5 rings (SSSR count). The van der Waals surface area contributed by atoms with Gasteiger partial charge >= 0.3 is 0 Å². The number of piperidine rings is 1. The lowest BCUT2D eigenvalue weighted by molar-refractivity contribution is -0.0203. The summed E-state index contributed by atoms with van der Waals surface area (Å²) in [6, 6.07) is 18.4. The van der Waals surface area contributed by atoms with Gasteiger partial charge in [0, 0.05) is 24.8 Å². The molecule has 0 spiro atoms. The summed E-state index contributed by atoms with van der Waals surface area (Å²) in [6.07, 6.45) is 2.91. The number of nitrogens with zero attached hydrogens (tertiary/aromatic N) is 4. The van der Waals surface area contributed by atoms with Crippen LogP contribution in [0.15, 0.2) is 66.9 Å². The molecule has 1 atom stereocenters. The van der Waals surface area contributed by atoms with Crippen molar-refractivity contribution in [2.45, 2.75) is 31.4 Å². The van der Waals surface area contributed by atoms with Crippen molar-refractivity contribution >= 4 is 17.3 Å².